The van der Waals surface area contributed by atoms with E-state index in [4.69, 9.17) is 10.8 Å². The molecule has 0 spiro atoms. The average Bonchev–Trinajstić information content (AvgIpc) is 3.05. The molecule has 0 aliphatic carbocycles. The number of aromatic nitrogens is 2. The van der Waals surface area contributed by atoms with Crippen LogP contribution in [0.5, 0.6) is 0 Å². The second-order valence-corrected chi connectivity index (χ2v) is 7.17. The molecular weight excluding hydrogens is 353 g/mol. The summed E-state index contributed by atoms with van der Waals surface area (Å²) in [7, 11) is 0. The van der Waals surface area contributed by atoms with Crippen LogP contribution in [0.15, 0.2) is 54.6 Å². The SMILES string of the molecule is CCN1CCN(Cc2nn(-c3ccc(F)cc3)c(N)c2-c2ccccc2)CC1. The predicted octanol–water partition coefficient (Wildman–Crippen LogP) is 3.40. The molecule has 146 valence electrons. The maximum Gasteiger partial charge on any atom is 0.135 e. The Morgan fingerprint density at radius 1 is 0.929 bits per heavy atom. The fourth-order valence-electron chi connectivity index (χ4n) is 3.76. The van der Waals surface area contributed by atoms with E-state index < -0.39 is 0 Å². The van der Waals surface area contributed by atoms with Crippen molar-refractivity contribution in [3.05, 3.63) is 66.1 Å². The minimum absolute atomic E-state index is 0.272. The standard InChI is InChI=1S/C22H26FN5/c1-2-26-12-14-27(15-13-26)16-20-21(17-6-4-3-5-7-17)22(24)28(25-20)19-10-8-18(23)9-11-19/h3-11H,2,12-16,24H2,1H3. The van der Waals surface area contributed by atoms with Crippen molar-refractivity contribution < 1.29 is 4.39 Å². The molecule has 0 amide bonds. The third-order valence-electron chi connectivity index (χ3n) is 5.41. The molecule has 1 fully saturated rings. The van der Waals surface area contributed by atoms with Crippen LogP contribution >= 0.6 is 0 Å². The molecule has 0 saturated carbocycles. The zero-order chi connectivity index (χ0) is 19.5. The number of nitrogens with two attached hydrogens (primary N) is 1. The van der Waals surface area contributed by atoms with Gasteiger partial charge in [0.25, 0.3) is 0 Å². The zero-order valence-electron chi connectivity index (χ0n) is 16.2. The lowest BCUT2D eigenvalue weighted by atomic mass is 10.0. The van der Waals surface area contributed by atoms with Gasteiger partial charge in [0.05, 0.1) is 11.4 Å². The highest BCUT2D eigenvalue weighted by molar-refractivity contribution is 5.77. The Labute approximate surface area is 165 Å². The number of hydrogen-bond donors (Lipinski definition) is 1. The van der Waals surface area contributed by atoms with Gasteiger partial charge >= 0.3 is 0 Å². The Kier molecular flexibility index (Phi) is 5.41. The van der Waals surface area contributed by atoms with Gasteiger partial charge in [0, 0.05) is 38.3 Å². The van der Waals surface area contributed by atoms with Crippen LogP contribution in [0, 0.1) is 5.82 Å². The van der Waals surface area contributed by atoms with E-state index >= 15 is 0 Å². The number of piperazine rings is 1. The predicted molar refractivity (Wildman–Crippen MR) is 111 cm³/mol. The highest BCUT2D eigenvalue weighted by atomic mass is 19.1. The van der Waals surface area contributed by atoms with Crippen molar-refractivity contribution in [2.75, 3.05) is 38.5 Å². The largest absolute Gasteiger partial charge is 0.383 e. The minimum atomic E-state index is -0.272. The van der Waals surface area contributed by atoms with Gasteiger partial charge in [-0.1, -0.05) is 37.3 Å². The third kappa shape index (κ3) is 3.79. The van der Waals surface area contributed by atoms with Crippen LogP contribution in [-0.4, -0.2) is 52.3 Å². The van der Waals surface area contributed by atoms with Gasteiger partial charge in [0.1, 0.15) is 11.6 Å². The van der Waals surface area contributed by atoms with Crippen LogP contribution in [0.3, 0.4) is 0 Å². The van der Waals surface area contributed by atoms with E-state index in [1.54, 1.807) is 16.8 Å². The summed E-state index contributed by atoms with van der Waals surface area (Å²) >= 11 is 0. The maximum atomic E-state index is 13.4. The molecule has 6 heteroatoms. The first kappa shape index (κ1) is 18.7. The topological polar surface area (TPSA) is 50.3 Å². The van der Waals surface area contributed by atoms with Crippen molar-refractivity contribution in [3.8, 4) is 16.8 Å². The van der Waals surface area contributed by atoms with Crippen LogP contribution in [-0.2, 0) is 6.54 Å². The van der Waals surface area contributed by atoms with Crippen molar-refractivity contribution in [3.63, 3.8) is 0 Å². The summed E-state index contributed by atoms with van der Waals surface area (Å²) in [6.45, 7) is 8.23. The van der Waals surface area contributed by atoms with Crippen molar-refractivity contribution in [1.29, 1.82) is 0 Å². The summed E-state index contributed by atoms with van der Waals surface area (Å²) in [6, 6.07) is 16.4. The molecule has 0 atom stereocenters. The molecule has 1 saturated heterocycles. The molecular formula is C22H26FN5. The van der Waals surface area contributed by atoms with Gasteiger partial charge in [0.15, 0.2) is 0 Å². The number of halogens is 1. The first-order chi connectivity index (χ1) is 13.7. The minimum Gasteiger partial charge on any atom is -0.383 e. The molecule has 3 aromatic rings. The van der Waals surface area contributed by atoms with E-state index in [1.807, 2.05) is 18.2 Å². The monoisotopic (exact) mass is 379 g/mol. The molecule has 2 heterocycles. The normalized spacial score (nSPS) is 15.8. The zero-order valence-corrected chi connectivity index (χ0v) is 16.2. The number of hydrogen-bond acceptors (Lipinski definition) is 4. The van der Waals surface area contributed by atoms with Gasteiger partial charge in [-0.25, -0.2) is 9.07 Å². The molecule has 0 radical (unpaired) electrons. The van der Waals surface area contributed by atoms with Crippen LogP contribution in [0.25, 0.3) is 16.8 Å². The van der Waals surface area contributed by atoms with E-state index in [9.17, 15) is 4.39 Å². The van der Waals surface area contributed by atoms with Gasteiger partial charge < -0.3 is 10.6 Å². The average molecular weight is 379 g/mol. The number of likely N-dealkylation sites (N-methyl/N-ethyl adjacent to an activating group) is 1. The summed E-state index contributed by atoms with van der Waals surface area (Å²) < 4.78 is 15.1. The molecule has 5 nitrogen and oxygen atoms in total. The summed E-state index contributed by atoms with van der Waals surface area (Å²) in [4.78, 5) is 4.88. The lowest BCUT2D eigenvalue weighted by molar-refractivity contribution is 0.131. The van der Waals surface area contributed by atoms with Crippen LogP contribution in [0.4, 0.5) is 10.2 Å². The van der Waals surface area contributed by atoms with E-state index in [2.05, 4.69) is 28.9 Å². The summed E-state index contributed by atoms with van der Waals surface area (Å²) in [6.07, 6.45) is 0. The van der Waals surface area contributed by atoms with E-state index in [0.717, 1.165) is 61.8 Å². The first-order valence-electron chi connectivity index (χ1n) is 9.79. The fraction of sp³-hybridized carbons (Fsp3) is 0.318. The molecule has 1 aliphatic heterocycles. The lowest BCUT2D eigenvalue weighted by Crippen LogP contribution is -2.45. The number of anilines is 1. The van der Waals surface area contributed by atoms with E-state index in [0.29, 0.717) is 5.82 Å². The Morgan fingerprint density at radius 3 is 2.21 bits per heavy atom. The Balaban J connectivity index is 1.70. The molecule has 1 aliphatic rings. The van der Waals surface area contributed by atoms with Gasteiger partial charge in [0.2, 0.25) is 0 Å². The molecule has 0 unspecified atom stereocenters. The molecule has 2 aromatic carbocycles. The summed E-state index contributed by atoms with van der Waals surface area (Å²) in [5.41, 5.74) is 10.3. The van der Waals surface area contributed by atoms with E-state index in [-0.39, 0.29) is 5.82 Å². The van der Waals surface area contributed by atoms with Crippen LogP contribution < -0.4 is 5.73 Å². The number of benzene rings is 2. The maximum absolute atomic E-state index is 13.4. The highest BCUT2D eigenvalue weighted by Crippen LogP contribution is 2.32. The molecule has 2 N–H and O–H groups in total. The van der Waals surface area contributed by atoms with Crippen molar-refractivity contribution >= 4 is 5.82 Å². The molecule has 28 heavy (non-hydrogen) atoms. The molecule has 4 rings (SSSR count). The lowest BCUT2D eigenvalue weighted by Gasteiger charge is -2.33. The van der Waals surface area contributed by atoms with Gasteiger partial charge in [-0.3, -0.25) is 4.90 Å². The third-order valence-corrected chi connectivity index (χ3v) is 5.41. The van der Waals surface area contributed by atoms with Crippen molar-refractivity contribution in [2.45, 2.75) is 13.5 Å². The highest BCUT2D eigenvalue weighted by Gasteiger charge is 2.22. The van der Waals surface area contributed by atoms with Crippen molar-refractivity contribution in [1.82, 2.24) is 19.6 Å². The molecule has 1 aromatic heterocycles. The van der Waals surface area contributed by atoms with Crippen LogP contribution in [0.2, 0.25) is 0 Å². The second-order valence-electron chi connectivity index (χ2n) is 7.17. The fourth-order valence-corrected chi connectivity index (χ4v) is 3.76. The van der Waals surface area contributed by atoms with Gasteiger partial charge in [-0.15, -0.1) is 0 Å². The van der Waals surface area contributed by atoms with Gasteiger partial charge in [-0.2, -0.15) is 5.10 Å². The molecule has 0 bridgehead atoms. The smallest absolute Gasteiger partial charge is 0.135 e. The van der Waals surface area contributed by atoms with Crippen LogP contribution in [0.1, 0.15) is 12.6 Å². The summed E-state index contributed by atoms with van der Waals surface area (Å²) in [5, 5.41) is 4.83. The summed E-state index contributed by atoms with van der Waals surface area (Å²) in [5.74, 6) is 0.312. The second kappa shape index (κ2) is 8.12. The quantitative estimate of drug-likeness (QED) is 0.738. The Bertz CT molecular complexity index is 912. The first-order valence-corrected chi connectivity index (χ1v) is 9.79. The number of rotatable bonds is 5. The number of nitrogen functional groups attached to an aromatic ring is 1. The van der Waals surface area contributed by atoms with Gasteiger partial charge in [-0.05, 0) is 36.4 Å². The van der Waals surface area contributed by atoms with Crippen molar-refractivity contribution in [2.24, 2.45) is 0 Å². The number of nitrogens with zero attached hydrogens (tertiary/aromatic N) is 4. The Hall–Kier alpha value is -2.70. The Morgan fingerprint density at radius 2 is 1.57 bits per heavy atom. The van der Waals surface area contributed by atoms with E-state index in [1.165, 1.54) is 12.1 Å².